The van der Waals surface area contributed by atoms with Gasteiger partial charge in [0.2, 0.25) is 0 Å². The van der Waals surface area contributed by atoms with Crippen LogP contribution in [0.2, 0.25) is 10.0 Å². The first-order valence-corrected chi connectivity index (χ1v) is 9.29. The van der Waals surface area contributed by atoms with Gasteiger partial charge in [-0.15, -0.1) is 5.10 Å². The summed E-state index contributed by atoms with van der Waals surface area (Å²) in [5.74, 6) is 1.16. The molecule has 1 N–H and O–H groups in total. The summed E-state index contributed by atoms with van der Waals surface area (Å²) in [7, 11) is 3.06. The van der Waals surface area contributed by atoms with E-state index in [2.05, 4.69) is 10.4 Å². The topological polar surface area (TPSA) is 65.4 Å². The van der Waals surface area contributed by atoms with Gasteiger partial charge in [-0.25, -0.2) is 4.68 Å². The summed E-state index contributed by atoms with van der Waals surface area (Å²) in [6, 6.07) is 12.0. The van der Waals surface area contributed by atoms with Crippen molar-refractivity contribution < 1.29 is 14.3 Å². The normalized spacial score (nSPS) is 10.6. The predicted octanol–water partition coefficient (Wildman–Crippen LogP) is 5.01. The fraction of sp³-hybridized carbons (Fsp3) is 0.200. The van der Waals surface area contributed by atoms with Gasteiger partial charge in [0.05, 0.1) is 30.0 Å². The number of carbonyl (C=O) groups is 1. The van der Waals surface area contributed by atoms with Crippen LogP contribution in [-0.2, 0) is 6.42 Å². The minimum absolute atomic E-state index is 0.321. The van der Waals surface area contributed by atoms with Crippen molar-refractivity contribution in [2.75, 3.05) is 19.5 Å². The van der Waals surface area contributed by atoms with E-state index >= 15 is 0 Å². The first-order chi connectivity index (χ1) is 13.4. The van der Waals surface area contributed by atoms with Crippen molar-refractivity contribution in [2.45, 2.75) is 13.3 Å². The van der Waals surface area contributed by atoms with Crippen LogP contribution in [0.1, 0.15) is 23.0 Å². The van der Waals surface area contributed by atoms with Crippen molar-refractivity contribution in [2.24, 2.45) is 0 Å². The number of nitrogens with one attached hydrogen (secondary N) is 1. The number of nitrogens with zero attached hydrogens (tertiary/aromatic N) is 2. The molecule has 28 heavy (non-hydrogen) atoms. The minimum Gasteiger partial charge on any atom is -0.497 e. The van der Waals surface area contributed by atoms with Gasteiger partial charge in [-0.1, -0.05) is 30.1 Å². The van der Waals surface area contributed by atoms with E-state index in [9.17, 15) is 4.79 Å². The number of ether oxygens (including phenoxy) is 2. The number of benzene rings is 2. The Labute approximate surface area is 173 Å². The Balaban J connectivity index is 1.90. The number of carbonyl (C=O) groups excluding carboxylic acids is 1. The second-order valence-electron chi connectivity index (χ2n) is 5.94. The number of hydrogen-bond acceptors (Lipinski definition) is 4. The van der Waals surface area contributed by atoms with Crippen LogP contribution < -0.4 is 14.8 Å². The highest BCUT2D eigenvalue weighted by Crippen LogP contribution is 2.27. The highest BCUT2D eigenvalue weighted by molar-refractivity contribution is 6.42. The summed E-state index contributed by atoms with van der Waals surface area (Å²) >= 11 is 12.1. The molecule has 0 fully saturated rings. The maximum Gasteiger partial charge on any atom is 0.257 e. The van der Waals surface area contributed by atoms with Gasteiger partial charge in [0.1, 0.15) is 11.5 Å². The van der Waals surface area contributed by atoms with E-state index in [0.717, 1.165) is 17.8 Å². The lowest BCUT2D eigenvalue weighted by atomic mass is 10.2. The Hall–Kier alpha value is -2.70. The van der Waals surface area contributed by atoms with Crippen molar-refractivity contribution in [3.63, 3.8) is 0 Å². The zero-order valence-electron chi connectivity index (χ0n) is 15.6. The third kappa shape index (κ3) is 4.24. The van der Waals surface area contributed by atoms with Gasteiger partial charge < -0.3 is 14.8 Å². The zero-order chi connectivity index (χ0) is 20.3. The molecular formula is C20H19Cl2N3O3. The average Bonchev–Trinajstić information content (AvgIpc) is 3.12. The van der Waals surface area contributed by atoms with Crippen molar-refractivity contribution in [3.05, 3.63) is 63.8 Å². The number of hydrogen-bond donors (Lipinski definition) is 1. The van der Waals surface area contributed by atoms with Crippen molar-refractivity contribution in [1.29, 1.82) is 0 Å². The van der Waals surface area contributed by atoms with Gasteiger partial charge in [0.15, 0.2) is 5.82 Å². The summed E-state index contributed by atoms with van der Waals surface area (Å²) in [6.07, 6.45) is 0.718. The van der Waals surface area contributed by atoms with Crippen LogP contribution in [0.15, 0.2) is 42.5 Å². The summed E-state index contributed by atoms with van der Waals surface area (Å²) < 4.78 is 12.2. The number of aryl methyl sites for hydroxylation is 1. The van der Waals surface area contributed by atoms with Gasteiger partial charge in [-0.05, 0) is 36.8 Å². The molecule has 0 spiro atoms. The van der Waals surface area contributed by atoms with Gasteiger partial charge >= 0.3 is 0 Å². The Morgan fingerprint density at radius 2 is 1.71 bits per heavy atom. The first kappa shape index (κ1) is 20.0. The summed E-state index contributed by atoms with van der Waals surface area (Å²) in [5, 5.41) is 8.21. The molecular weight excluding hydrogens is 401 g/mol. The van der Waals surface area contributed by atoms with E-state index < -0.39 is 0 Å². The fourth-order valence-corrected chi connectivity index (χ4v) is 2.99. The molecule has 146 valence electrons. The lowest BCUT2D eigenvalue weighted by Gasteiger charge is -2.08. The first-order valence-electron chi connectivity index (χ1n) is 8.54. The van der Waals surface area contributed by atoms with E-state index in [1.54, 1.807) is 35.0 Å². The molecule has 0 aliphatic heterocycles. The van der Waals surface area contributed by atoms with E-state index in [-0.39, 0.29) is 5.91 Å². The molecule has 0 aliphatic rings. The SMILES string of the molecule is CCc1cc(NC(=O)c2cc(OC)cc(OC)c2)nn1-c1ccc(Cl)c(Cl)c1. The molecule has 0 aliphatic carbocycles. The summed E-state index contributed by atoms with van der Waals surface area (Å²) in [4.78, 5) is 12.7. The number of aromatic nitrogens is 2. The van der Waals surface area contributed by atoms with Gasteiger partial charge in [0.25, 0.3) is 5.91 Å². The molecule has 0 radical (unpaired) electrons. The molecule has 3 aromatic rings. The van der Waals surface area contributed by atoms with Crippen molar-refractivity contribution in [3.8, 4) is 17.2 Å². The van der Waals surface area contributed by atoms with Gasteiger partial charge in [-0.2, -0.15) is 0 Å². The highest BCUT2D eigenvalue weighted by Gasteiger charge is 2.15. The van der Waals surface area contributed by atoms with E-state index in [1.165, 1.54) is 14.2 Å². The Morgan fingerprint density at radius 3 is 2.29 bits per heavy atom. The summed E-state index contributed by atoms with van der Waals surface area (Å²) in [6.45, 7) is 2.00. The van der Waals surface area contributed by atoms with Crippen LogP contribution in [0.4, 0.5) is 5.82 Å². The number of methoxy groups -OCH3 is 2. The molecule has 2 aromatic carbocycles. The molecule has 3 rings (SSSR count). The van der Waals surface area contributed by atoms with Crippen LogP contribution >= 0.6 is 23.2 Å². The molecule has 1 heterocycles. The largest absolute Gasteiger partial charge is 0.497 e. The average molecular weight is 420 g/mol. The van der Waals surface area contributed by atoms with Crippen LogP contribution in [0.3, 0.4) is 0 Å². The van der Waals surface area contributed by atoms with Gasteiger partial charge in [0, 0.05) is 23.4 Å². The number of halogens is 2. The maximum absolute atomic E-state index is 12.7. The van der Waals surface area contributed by atoms with Crippen LogP contribution in [-0.4, -0.2) is 29.9 Å². The summed E-state index contributed by atoms with van der Waals surface area (Å²) in [5.41, 5.74) is 2.07. The molecule has 0 saturated heterocycles. The highest BCUT2D eigenvalue weighted by atomic mass is 35.5. The van der Waals surface area contributed by atoms with E-state index in [1.807, 2.05) is 19.1 Å². The monoisotopic (exact) mass is 419 g/mol. The van der Waals surface area contributed by atoms with Crippen LogP contribution in [0.5, 0.6) is 11.5 Å². The number of anilines is 1. The van der Waals surface area contributed by atoms with Crippen LogP contribution in [0, 0.1) is 0 Å². The Bertz CT molecular complexity index is 996. The van der Waals surface area contributed by atoms with E-state index in [0.29, 0.717) is 32.9 Å². The fourth-order valence-electron chi connectivity index (χ4n) is 2.70. The number of amides is 1. The lowest BCUT2D eigenvalue weighted by Crippen LogP contribution is -2.13. The smallest absolute Gasteiger partial charge is 0.257 e. The third-order valence-electron chi connectivity index (χ3n) is 4.15. The van der Waals surface area contributed by atoms with Crippen molar-refractivity contribution in [1.82, 2.24) is 9.78 Å². The molecule has 0 saturated carbocycles. The van der Waals surface area contributed by atoms with Crippen molar-refractivity contribution >= 4 is 34.9 Å². The molecule has 0 bridgehead atoms. The minimum atomic E-state index is -0.321. The molecule has 1 amide bonds. The lowest BCUT2D eigenvalue weighted by molar-refractivity contribution is 0.102. The second kappa shape index (κ2) is 8.54. The third-order valence-corrected chi connectivity index (χ3v) is 4.89. The molecule has 8 heteroatoms. The molecule has 6 nitrogen and oxygen atoms in total. The Morgan fingerprint density at radius 1 is 1.04 bits per heavy atom. The molecule has 0 unspecified atom stereocenters. The number of rotatable bonds is 6. The van der Waals surface area contributed by atoms with Crippen LogP contribution in [0.25, 0.3) is 5.69 Å². The second-order valence-corrected chi connectivity index (χ2v) is 6.75. The Kier molecular flexibility index (Phi) is 6.11. The van der Waals surface area contributed by atoms with E-state index in [4.69, 9.17) is 32.7 Å². The molecule has 1 aromatic heterocycles. The maximum atomic E-state index is 12.7. The standard InChI is InChI=1S/C20H19Cl2N3O3/c1-4-13-10-19(24-25(13)14-5-6-17(21)18(22)9-14)23-20(26)12-7-15(27-2)11-16(8-12)28-3/h5-11H,4H2,1-3H3,(H,23,24,26). The predicted molar refractivity (Wildman–Crippen MR) is 110 cm³/mol. The quantitative estimate of drug-likeness (QED) is 0.609. The molecule has 0 atom stereocenters. The zero-order valence-corrected chi connectivity index (χ0v) is 17.1. The van der Waals surface area contributed by atoms with Gasteiger partial charge in [-0.3, -0.25) is 4.79 Å².